The zero-order chi connectivity index (χ0) is 18.9. The van der Waals surface area contributed by atoms with E-state index in [-0.39, 0.29) is 22.3 Å². The molecule has 0 aliphatic carbocycles. The minimum Gasteiger partial charge on any atom is -0.497 e. The monoisotopic (exact) mass is 364 g/mol. The average Bonchev–Trinajstić information content (AvgIpc) is 3.02. The standard InChI is InChI=1S/C18H15F3N2O3/c1-26-13-6-4-5-12(9-13)17(11-23(24)25,18(19,20)21)15-10-22-16-8-3-2-7-14(15)16/h2-10,22H,11H2,1H3/t17-/m1/s1. The van der Waals surface area contributed by atoms with Crippen molar-refractivity contribution < 1.29 is 22.8 Å². The molecule has 0 saturated heterocycles. The van der Waals surface area contributed by atoms with Gasteiger partial charge in [-0.05, 0) is 23.8 Å². The summed E-state index contributed by atoms with van der Waals surface area (Å²) >= 11 is 0. The number of halogens is 3. The Morgan fingerprint density at radius 2 is 1.88 bits per heavy atom. The van der Waals surface area contributed by atoms with Crippen molar-refractivity contribution in [3.63, 3.8) is 0 Å². The van der Waals surface area contributed by atoms with Gasteiger partial charge in [-0.1, -0.05) is 30.3 Å². The fraction of sp³-hybridized carbons (Fsp3) is 0.222. The molecule has 8 heteroatoms. The first-order chi connectivity index (χ1) is 12.3. The lowest BCUT2D eigenvalue weighted by Gasteiger charge is -2.33. The molecule has 0 unspecified atom stereocenters. The summed E-state index contributed by atoms with van der Waals surface area (Å²) in [7, 11) is 1.33. The lowest BCUT2D eigenvalue weighted by atomic mass is 9.73. The van der Waals surface area contributed by atoms with Crippen LogP contribution in [-0.4, -0.2) is 29.7 Å². The second-order valence-electron chi connectivity index (χ2n) is 5.87. The number of alkyl halides is 3. The second-order valence-corrected chi connectivity index (χ2v) is 5.87. The molecule has 0 bridgehead atoms. The summed E-state index contributed by atoms with van der Waals surface area (Å²) in [6.45, 7) is -1.33. The third-order valence-corrected chi connectivity index (χ3v) is 4.46. The van der Waals surface area contributed by atoms with Crippen LogP contribution in [0.15, 0.2) is 54.7 Å². The molecule has 3 aromatic rings. The molecule has 1 N–H and O–H groups in total. The molecule has 0 radical (unpaired) electrons. The van der Waals surface area contributed by atoms with Gasteiger partial charge in [0.05, 0.1) is 7.11 Å². The van der Waals surface area contributed by atoms with Crippen molar-refractivity contribution >= 4 is 10.9 Å². The van der Waals surface area contributed by atoms with Gasteiger partial charge in [-0.25, -0.2) is 0 Å². The fourth-order valence-corrected chi connectivity index (χ4v) is 3.24. The molecule has 1 atom stereocenters. The highest BCUT2D eigenvalue weighted by Crippen LogP contribution is 2.49. The minimum absolute atomic E-state index is 0.189. The van der Waals surface area contributed by atoms with Crippen LogP contribution in [0.1, 0.15) is 11.1 Å². The van der Waals surface area contributed by atoms with Crippen LogP contribution >= 0.6 is 0 Å². The zero-order valence-corrected chi connectivity index (χ0v) is 13.7. The van der Waals surface area contributed by atoms with Gasteiger partial charge in [-0.2, -0.15) is 13.2 Å². The van der Waals surface area contributed by atoms with Crippen molar-refractivity contribution in [1.29, 1.82) is 0 Å². The van der Waals surface area contributed by atoms with Crippen molar-refractivity contribution in [2.24, 2.45) is 0 Å². The first kappa shape index (κ1) is 17.8. The molecule has 0 fully saturated rings. The van der Waals surface area contributed by atoms with Crippen LogP contribution in [0.3, 0.4) is 0 Å². The number of rotatable bonds is 5. The number of hydrogen-bond acceptors (Lipinski definition) is 3. The van der Waals surface area contributed by atoms with Gasteiger partial charge >= 0.3 is 6.18 Å². The molecule has 0 aliphatic rings. The van der Waals surface area contributed by atoms with Crippen molar-refractivity contribution in [3.05, 3.63) is 76.0 Å². The summed E-state index contributed by atoms with van der Waals surface area (Å²) in [5.41, 5.74) is -2.77. The third kappa shape index (κ3) is 2.77. The van der Waals surface area contributed by atoms with Gasteiger partial charge in [-0.15, -0.1) is 0 Å². The molecule has 1 aromatic heterocycles. The highest BCUT2D eigenvalue weighted by Gasteiger charge is 2.61. The maximum Gasteiger partial charge on any atom is 0.408 e. The van der Waals surface area contributed by atoms with E-state index in [2.05, 4.69) is 4.98 Å². The van der Waals surface area contributed by atoms with Crippen LogP contribution in [0.4, 0.5) is 13.2 Å². The molecular formula is C18H15F3N2O3. The summed E-state index contributed by atoms with van der Waals surface area (Å²) in [6, 6.07) is 11.7. The van der Waals surface area contributed by atoms with E-state index in [0.717, 1.165) is 0 Å². The Morgan fingerprint density at radius 1 is 1.15 bits per heavy atom. The Hall–Kier alpha value is -3.03. The number of nitrogens with one attached hydrogen (secondary N) is 1. The van der Waals surface area contributed by atoms with E-state index in [9.17, 15) is 23.3 Å². The van der Waals surface area contributed by atoms with Gasteiger partial charge in [0.25, 0.3) is 0 Å². The number of para-hydroxylation sites is 1. The lowest BCUT2D eigenvalue weighted by Crippen LogP contribution is -2.48. The van der Waals surface area contributed by atoms with E-state index < -0.39 is 23.1 Å². The lowest BCUT2D eigenvalue weighted by molar-refractivity contribution is -0.498. The van der Waals surface area contributed by atoms with E-state index in [1.807, 2.05) is 0 Å². The summed E-state index contributed by atoms with van der Waals surface area (Å²) in [4.78, 5) is 13.1. The minimum atomic E-state index is -4.91. The summed E-state index contributed by atoms with van der Waals surface area (Å²) < 4.78 is 48.2. The van der Waals surface area contributed by atoms with E-state index in [1.54, 1.807) is 18.2 Å². The predicted molar refractivity (Wildman–Crippen MR) is 90.0 cm³/mol. The smallest absolute Gasteiger partial charge is 0.408 e. The van der Waals surface area contributed by atoms with E-state index in [0.29, 0.717) is 5.52 Å². The van der Waals surface area contributed by atoms with Gasteiger partial charge < -0.3 is 9.72 Å². The number of H-pyrrole nitrogens is 1. The number of nitrogens with zero attached hydrogens (tertiary/aromatic N) is 1. The van der Waals surface area contributed by atoms with Crippen LogP contribution < -0.4 is 4.74 Å². The van der Waals surface area contributed by atoms with Crippen molar-refractivity contribution in [2.45, 2.75) is 11.6 Å². The molecule has 5 nitrogen and oxygen atoms in total. The van der Waals surface area contributed by atoms with Gasteiger partial charge in [0, 0.05) is 27.6 Å². The Morgan fingerprint density at radius 3 is 2.54 bits per heavy atom. The predicted octanol–water partition coefficient (Wildman–Crippen LogP) is 4.30. The number of aromatic amines is 1. The van der Waals surface area contributed by atoms with Crippen LogP contribution in [0.2, 0.25) is 0 Å². The summed E-state index contributed by atoms with van der Waals surface area (Å²) in [5, 5.41) is 11.6. The van der Waals surface area contributed by atoms with Crippen molar-refractivity contribution in [2.75, 3.05) is 13.7 Å². The Balaban J connectivity index is 2.39. The zero-order valence-electron chi connectivity index (χ0n) is 13.7. The molecule has 0 spiro atoms. The maximum absolute atomic E-state index is 14.4. The Kier molecular flexibility index (Phi) is 4.35. The van der Waals surface area contributed by atoms with Crippen molar-refractivity contribution in [1.82, 2.24) is 4.98 Å². The van der Waals surface area contributed by atoms with Gasteiger partial charge in [-0.3, -0.25) is 10.1 Å². The van der Waals surface area contributed by atoms with Gasteiger partial charge in [0.1, 0.15) is 5.75 Å². The van der Waals surface area contributed by atoms with Crippen LogP contribution in [-0.2, 0) is 5.41 Å². The van der Waals surface area contributed by atoms with Gasteiger partial charge in [0.15, 0.2) is 5.41 Å². The topological polar surface area (TPSA) is 68.2 Å². The van der Waals surface area contributed by atoms with Gasteiger partial charge in [0.2, 0.25) is 6.54 Å². The Bertz CT molecular complexity index is 952. The molecule has 0 amide bonds. The van der Waals surface area contributed by atoms with Crippen LogP contribution in [0.25, 0.3) is 10.9 Å². The van der Waals surface area contributed by atoms with Crippen LogP contribution in [0, 0.1) is 10.1 Å². The molecule has 2 aromatic carbocycles. The molecule has 26 heavy (non-hydrogen) atoms. The van der Waals surface area contributed by atoms with E-state index in [4.69, 9.17) is 4.74 Å². The highest BCUT2D eigenvalue weighted by molar-refractivity contribution is 5.85. The normalized spacial score (nSPS) is 14.2. The third-order valence-electron chi connectivity index (χ3n) is 4.46. The summed E-state index contributed by atoms with van der Waals surface area (Å²) in [6.07, 6.45) is -3.71. The number of methoxy groups -OCH3 is 1. The quantitative estimate of drug-likeness (QED) is 0.542. The first-order valence-corrected chi connectivity index (χ1v) is 7.69. The number of benzene rings is 2. The van der Waals surface area contributed by atoms with Crippen LogP contribution in [0.5, 0.6) is 5.75 Å². The number of ether oxygens (including phenoxy) is 1. The van der Waals surface area contributed by atoms with Crippen molar-refractivity contribution in [3.8, 4) is 5.75 Å². The van der Waals surface area contributed by atoms with E-state index in [1.165, 1.54) is 43.6 Å². The molecule has 1 heterocycles. The largest absolute Gasteiger partial charge is 0.497 e. The highest BCUT2D eigenvalue weighted by atomic mass is 19.4. The number of aromatic nitrogens is 1. The first-order valence-electron chi connectivity index (χ1n) is 7.69. The number of fused-ring (bicyclic) bond motifs is 1. The SMILES string of the molecule is COc1cccc([C@](C[N+](=O)[O-])(c2c[nH]c3ccccc23)C(F)(F)F)c1. The number of hydrogen-bond donors (Lipinski definition) is 1. The molecule has 0 aliphatic heterocycles. The molecule has 3 rings (SSSR count). The number of nitro groups is 1. The Labute approximate surface area is 146 Å². The fourth-order valence-electron chi connectivity index (χ4n) is 3.24. The second kappa shape index (κ2) is 6.36. The molecule has 0 saturated carbocycles. The van der Waals surface area contributed by atoms with E-state index >= 15 is 0 Å². The summed E-state index contributed by atoms with van der Waals surface area (Å²) in [5.74, 6) is 0.194. The maximum atomic E-state index is 14.4. The average molecular weight is 364 g/mol. The molecule has 136 valence electrons. The molecular weight excluding hydrogens is 349 g/mol.